The highest BCUT2D eigenvalue weighted by molar-refractivity contribution is 5.83. The van der Waals surface area contributed by atoms with Crippen LogP contribution >= 0.6 is 0 Å². The largest absolute Gasteiger partial charge is 0.466 e. The monoisotopic (exact) mass is 409 g/mol. The number of aromatic nitrogens is 3. The van der Waals surface area contributed by atoms with E-state index in [0.717, 1.165) is 59.3 Å². The molecule has 0 atom stereocenters. The summed E-state index contributed by atoms with van der Waals surface area (Å²) in [5, 5.41) is 4.93. The minimum atomic E-state index is -0.134. The first kappa shape index (κ1) is 22.0. The molecule has 0 fully saturated rings. The molecule has 160 valence electrons. The van der Waals surface area contributed by atoms with Gasteiger partial charge in [-0.25, -0.2) is 4.52 Å². The molecule has 0 aliphatic carbocycles. The zero-order valence-corrected chi connectivity index (χ0v) is 18.4. The Labute approximate surface area is 178 Å². The molecule has 3 rings (SSSR count). The number of pyridine rings is 1. The molecule has 30 heavy (non-hydrogen) atoms. The summed E-state index contributed by atoms with van der Waals surface area (Å²) in [4.78, 5) is 16.1. The Morgan fingerprint density at radius 2 is 2.00 bits per heavy atom. The minimum Gasteiger partial charge on any atom is -0.466 e. The lowest BCUT2D eigenvalue weighted by Crippen LogP contribution is -2.10. The molecule has 0 spiro atoms. The summed E-state index contributed by atoms with van der Waals surface area (Å²) in [5.41, 5.74) is 7.71. The first-order chi connectivity index (χ1) is 14.6. The second-order valence-corrected chi connectivity index (χ2v) is 7.47. The van der Waals surface area contributed by atoms with E-state index in [1.807, 2.05) is 23.8 Å². The quantitative estimate of drug-likeness (QED) is 0.359. The van der Waals surface area contributed by atoms with Gasteiger partial charge in [-0.1, -0.05) is 6.92 Å². The van der Waals surface area contributed by atoms with Crippen LogP contribution in [-0.4, -0.2) is 34.3 Å². The molecule has 3 heterocycles. The van der Waals surface area contributed by atoms with Crippen LogP contribution in [0.1, 0.15) is 55.6 Å². The molecule has 0 aliphatic rings. The number of nitrogens with zero attached hydrogens (tertiary/aromatic N) is 3. The average molecular weight is 410 g/mol. The van der Waals surface area contributed by atoms with Gasteiger partial charge < -0.3 is 9.47 Å². The fourth-order valence-electron chi connectivity index (χ4n) is 3.87. The molecule has 6 nitrogen and oxygen atoms in total. The fraction of sp³-hybridized carbons (Fsp3) is 0.458. The normalized spacial score (nSPS) is 11.2. The van der Waals surface area contributed by atoms with E-state index in [1.54, 1.807) is 7.11 Å². The maximum atomic E-state index is 11.7. The summed E-state index contributed by atoms with van der Waals surface area (Å²) in [6.45, 7) is 6.89. The molecule has 3 aromatic heterocycles. The molecule has 0 radical (unpaired) electrons. The number of unbranched alkanes of at least 4 members (excludes halogenated alkanes) is 1. The number of ether oxygens (including phenoxy) is 2. The molecule has 3 aromatic rings. The van der Waals surface area contributed by atoms with Gasteiger partial charge in [-0.15, -0.1) is 0 Å². The van der Waals surface area contributed by atoms with E-state index in [4.69, 9.17) is 14.6 Å². The lowest BCUT2D eigenvalue weighted by Gasteiger charge is -2.17. The number of hydrogen-bond donors (Lipinski definition) is 0. The van der Waals surface area contributed by atoms with Crippen molar-refractivity contribution >= 4 is 11.5 Å². The van der Waals surface area contributed by atoms with Crippen molar-refractivity contribution in [2.45, 2.75) is 59.5 Å². The van der Waals surface area contributed by atoms with Crippen molar-refractivity contribution in [2.75, 3.05) is 13.7 Å². The van der Waals surface area contributed by atoms with Gasteiger partial charge in [-0.2, -0.15) is 5.10 Å². The van der Waals surface area contributed by atoms with Crippen LogP contribution in [0.5, 0.6) is 0 Å². The van der Waals surface area contributed by atoms with Crippen LogP contribution in [0.25, 0.3) is 16.6 Å². The maximum absolute atomic E-state index is 11.7. The van der Waals surface area contributed by atoms with E-state index >= 15 is 0 Å². The Bertz CT molecular complexity index is 1010. The second-order valence-electron chi connectivity index (χ2n) is 7.47. The van der Waals surface area contributed by atoms with Gasteiger partial charge in [0, 0.05) is 42.7 Å². The summed E-state index contributed by atoms with van der Waals surface area (Å²) in [6, 6.07) is 6.44. The third-order valence-electron chi connectivity index (χ3n) is 5.23. The Balaban J connectivity index is 2.04. The molecular formula is C24H31N3O3. The Hall–Kier alpha value is -2.73. The number of carbonyl (C=O) groups is 1. The van der Waals surface area contributed by atoms with Gasteiger partial charge in [-0.3, -0.25) is 9.78 Å². The molecule has 0 bridgehead atoms. The smallest absolute Gasteiger partial charge is 0.305 e. The minimum absolute atomic E-state index is 0.134. The van der Waals surface area contributed by atoms with Crippen molar-refractivity contribution in [3.8, 4) is 11.1 Å². The number of rotatable bonds is 10. The predicted octanol–water partition coefficient (Wildman–Crippen LogP) is 4.69. The molecule has 0 saturated carbocycles. The van der Waals surface area contributed by atoms with E-state index in [1.165, 1.54) is 5.56 Å². The molecule has 6 heteroatoms. The van der Waals surface area contributed by atoms with Crippen molar-refractivity contribution in [1.82, 2.24) is 14.6 Å². The number of carbonyl (C=O) groups excluding carboxylic acids is 1. The molecule has 0 amide bonds. The van der Waals surface area contributed by atoms with Crippen molar-refractivity contribution in [3.63, 3.8) is 0 Å². The topological polar surface area (TPSA) is 65.7 Å². The van der Waals surface area contributed by atoms with Crippen molar-refractivity contribution in [3.05, 3.63) is 53.1 Å². The second kappa shape index (κ2) is 10.3. The van der Waals surface area contributed by atoms with Crippen molar-refractivity contribution in [2.24, 2.45) is 0 Å². The highest BCUT2D eigenvalue weighted by Crippen LogP contribution is 2.33. The number of methoxy groups -OCH3 is 1. The van der Waals surface area contributed by atoms with Gasteiger partial charge in [-0.05, 0) is 68.9 Å². The maximum Gasteiger partial charge on any atom is 0.305 e. The highest BCUT2D eigenvalue weighted by atomic mass is 16.5. The van der Waals surface area contributed by atoms with E-state index in [0.29, 0.717) is 19.6 Å². The van der Waals surface area contributed by atoms with E-state index in [2.05, 4.69) is 37.0 Å². The van der Waals surface area contributed by atoms with Crippen molar-refractivity contribution < 1.29 is 14.3 Å². The first-order valence-electron chi connectivity index (χ1n) is 10.7. The van der Waals surface area contributed by atoms with Crippen LogP contribution in [0, 0.1) is 6.92 Å². The van der Waals surface area contributed by atoms with Crippen LogP contribution < -0.4 is 0 Å². The Kier molecular flexibility index (Phi) is 7.57. The molecular weight excluding hydrogens is 378 g/mol. The molecule has 0 N–H and O–H groups in total. The number of aryl methyl sites for hydroxylation is 2. The van der Waals surface area contributed by atoms with Gasteiger partial charge in [0.15, 0.2) is 0 Å². The highest BCUT2D eigenvalue weighted by Gasteiger charge is 2.19. The van der Waals surface area contributed by atoms with Crippen LogP contribution in [0.2, 0.25) is 0 Å². The SMILES string of the molecule is CCOC(=O)CCCCc1c(COC)nn2c(CC)ccc2c1-c1cncc(C)c1. The van der Waals surface area contributed by atoms with Gasteiger partial charge in [0.05, 0.1) is 24.4 Å². The summed E-state index contributed by atoms with van der Waals surface area (Å²) < 4.78 is 12.6. The number of esters is 1. The van der Waals surface area contributed by atoms with Gasteiger partial charge >= 0.3 is 5.97 Å². The van der Waals surface area contributed by atoms with Gasteiger partial charge in [0.25, 0.3) is 0 Å². The summed E-state index contributed by atoms with van der Waals surface area (Å²) in [6.07, 6.45) is 7.60. The molecule has 0 unspecified atom stereocenters. The first-order valence-corrected chi connectivity index (χ1v) is 10.7. The third kappa shape index (κ3) is 4.87. The number of fused-ring (bicyclic) bond motifs is 1. The van der Waals surface area contributed by atoms with E-state index in [-0.39, 0.29) is 5.97 Å². The van der Waals surface area contributed by atoms with Crippen LogP contribution in [-0.2, 0) is 33.7 Å². The van der Waals surface area contributed by atoms with Gasteiger partial charge in [0.1, 0.15) is 0 Å². The van der Waals surface area contributed by atoms with Crippen LogP contribution in [0.4, 0.5) is 0 Å². The zero-order chi connectivity index (χ0) is 21.5. The van der Waals surface area contributed by atoms with Crippen LogP contribution in [0.15, 0.2) is 30.6 Å². The summed E-state index contributed by atoms with van der Waals surface area (Å²) in [5.74, 6) is -0.134. The lowest BCUT2D eigenvalue weighted by molar-refractivity contribution is -0.143. The fourth-order valence-corrected chi connectivity index (χ4v) is 3.87. The third-order valence-corrected chi connectivity index (χ3v) is 5.23. The zero-order valence-electron chi connectivity index (χ0n) is 18.4. The lowest BCUT2D eigenvalue weighted by atomic mass is 9.95. The Morgan fingerprint density at radius 1 is 1.17 bits per heavy atom. The molecule has 0 aliphatic heterocycles. The predicted molar refractivity (Wildman–Crippen MR) is 117 cm³/mol. The molecule has 0 aromatic carbocycles. The number of hydrogen-bond acceptors (Lipinski definition) is 5. The molecule has 0 saturated heterocycles. The standard InChI is InChI=1S/C24H31N3O3/c1-5-19-11-12-22-24(18-13-17(3)14-25-15-18)20(21(16-29-4)26-27(19)22)9-7-8-10-23(28)30-6-2/h11-15H,5-10,16H2,1-4H3. The summed E-state index contributed by atoms with van der Waals surface area (Å²) in [7, 11) is 1.70. The van der Waals surface area contributed by atoms with E-state index < -0.39 is 0 Å². The average Bonchev–Trinajstić information content (AvgIpc) is 3.14. The summed E-state index contributed by atoms with van der Waals surface area (Å²) >= 11 is 0. The van der Waals surface area contributed by atoms with Crippen molar-refractivity contribution in [1.29, 1.82) is 0 Å². The van der Waals surface area contributed by atoms with Gasteiger partial charge in [0.2, 0.25) is 0 Å². The van der Waals surface area contributed by atoms with Crippen LogP contribution in [0.3, 0.4) is 0 Å². The van der Waals surface area contributed by atoms with E-state index in [9.17, 15) is 4.79 Å². The Morgan fingerprint density at radius 3 is 2.70 bits per heavy atom.